The van der Waals surface area contributed by atoms with Crippen LogP contribution in [0, 0.1) is 41.5 Å². The molecular weight excluding hydrogens is 1430 g/mol. The second-order valence-electron chi connectivity index (χ2n) is 37.4. The first-order valence-corrected chi connectivity index (χ1v) is 42.1. The summed E-state index contributed by atoms with van der Waals surface area (Å²) in [4.78, 5) is 10.3. The predicted octanol–water partition coefficient (Wildman–Crippen LogP) is 33.4. The molecule has 0 heterocycles. The van der Waals surface area contributed by atoms with Gasteiger partial charge in [0.15, 0.2) is 0 Å². The summed E-state index contributed by atoms with van der Waals surface area (Å²) in [5.41, 5.74) is 32.5. The second-order valence-corrected chi connectivity index (χ2v) is 37.4. The Morgan fingerprint density at radius 2 is 0.508 bits per heavy atom. The first kappa shape index (κ1) is 76.5. The normalized spacial score (nSPS) is 12.3. The molecule has 0 N–H and O–H groups in total. The highest BCUT2D eigenvalue weighted by atomic mass is 15.2. The third-order valence-electron chi connectivity index (χ3n) is 25.0. The smallest absolute Gasteiger partial charge is 0.0561 e. The first-order valence-electron chi connectivity index (χ1n) is 42.1. The van der Waals surface area contributed by atoms with Crippen LogP contribution in [-0.2, 0) is 21.7 Å². The van der Waals surface area contributed by atoms with Crippen molar-refractivity contribution in [3.8, 4) is 33.4 Å². The molecule has 0 spiro atoms. The molecule has 0 aromatic heterocycles. The zero-order valence-corrected chi connectivity index (χ0v) is 71.8. The molecule has 118 heavy (non-hydrogen) atoms. The SMILES string of the molecule is Cc1ccc(C)c(N(c2cc(-c3ccccc3)ccc2C)c2cc(N(c3cc(-c4ccccc4)ccc3C)c3cc(C)c(-c4cc5ccc6c(N(c7ccc(C(C)(C)C)cc7)c7ccc(C(C)(C)C)cc7)cc(N(c7ccc(C(C)(C)C)cc7)c7ccc(C(C)(C)C)cc7)c7ccc(c4)c5c67)cc3C)c3ccc4cccc5ccc2c3c54)c1. The molecule has 18 aromatic carbocycles. The van der Waals surface area contributed by atoms with Crippen LogP contribution in [0.2, 0.25) is 0 Å². The number of benzene rings is 18. The van der Waals surface area contributed by atoms with Crippen LogP contribution in [0.15, 0.2) is 315 Å². The van der Waals surface area contributed by atoms with E-state index >= 15 is 0 Å². The summed E-state index contributed by atoms with van der Waals surface area (Å²) < 4.78 is 0. The Morgan fingerprint density at radius 3 is 0.873 bits per heavy atom. The third kappa shape index (κ3) is 13.7. The van der Waals surface area contributed by atoms with Gasteiger partial charge in [0.2, 0.25) is 0 Å². The maximum Gasteiger partial charge on any atom is 0.0561 e. The van der Waals surface area contributed by atoms with Crippen molar-refractivity contribution >= 4 is 133 Å². The van der Waals surface area contributed by atoms with Gasteiger partial charge in [-0.2, -0.15) is 0 Å². The fourth-order valence-corrected chi connectivity index (χ4v) is 18.3. The molecule has 0 atom stereocenters. The Hall–Kier alpha value is -12.8. The Kier molecular flexibility index (Phi) is 18.9. The van der Waals surface area contributed by atoms with E-state index in [0.29, 0.717) is 0 Å². The summed E-state index contributed by atoms with van der Waals surface area (Å²) in [6, 6.07) is 121. The van der Waals surface area contributed by atoms with Crippen LogP contribution in [0.5, 0.6) is 0 Å². The van der Waals surface area contributed by atoms with Gasteiger partial charge in [-0.25, -0.2) is 0 Å². The van der Waals surface area contributed by atoms with Gasteiger partial charge in [0.05, 0.1) is 22.7 Å². The Morgan fingerprint density at radius 1 is 0.186 bits per heavy atom. The van der Waals surface area contributed by atoms with Crippen molar-refractivity contribution in [3.63, 3.8) is 0 Å². The van der Waals surface area contributed by atoms with Crippen molar-refractivity contribution in [1.82, 2.24) is 0 Å². The summed E-state index contributed by atoms with van der Waals surface area (Å²) in [7, 11) is 0. The largest absolute Gasteiger partial charge is 0.310 e. The number of hydrogen-bond acceptors (Lipinski definition) is 4. The topological polar surface area (TPSA) is 13.0 Å². The molecular formula is C114H106N4. The quantitative estimate of drug-likeness (QED) is 0.0949. The molecule has 4 heteroatoms. The second kappa shape index (κ2) is 29.1. The number of anilines is 12. The van der Waals surface area contributed by atoms with Gasteiger partial charge in [-0.3, -0.25) is 0 Å². The Bertz CT molecular complexity index is 6540. The van der Waals surface area contributed by atoms with Gasteiger partial charge in [0.25, 0.3) is 0 Å². The van der Waals surface area contributed by atoms with Crippen LogP contribution in [-0.4, -0.2) is 0 Å². The highest BCUT2D eigenvalue weighted by Crippen LogP contribution is 2.56. The molecule has 582 valence electrons. The van der Waals surface area contributed by atoms with E-state index in [0.717, 1.165) is 79.4 Å². The molecule has 0 amide bonds. The molecule has 0 unspecified atom stereocenters. The number of hydrogen-bond donors (Lipinski definition) is 0. The third-order valence-corrected chi connectivity index (χ3v) is 25.0. The van der Waals surface area contributed by atoms with Crippen molar-refractivity contribution in [2.45, 2.75) is 146 Å². The summed E-state index contributed by atoms with van der Waals surface area (Å²) in [5, 5.41) is 14.5. The van der Waals surface area contributed by atoms with Crippen LogP contribution in [0.1, 0.15) is 139 Å². The standard InChI is InChI=1S/C114H106N4/c1-71-32-33-72(2)99(62-71)117(101-67-81(36-34-73(101)3)77-26-21-19-22-27-77)105-70-106(97-59-39-80-31-25-30-79-38-58-96(105)109(97)107(79)80)118(102-68-82(37-35-74(102)4)78-28-23-20-24-29-78)100-64-75(5)98(63-76(100)6)85-65-83-40-60-94-103(115(90-50-42-86(43-51-90)111(7,8)9)91-52-44-87(45-53-91)112(10,11)12)69-104(95-61-41-84(66-85)108(83)110(94)95)116(92-54-46-88(47-55-92)113(13,14)15)93-56-48-89(49-57-93)114(16,17)18/h19-70H,1-18H3. The highest BCUT2D eigenvalue weighted by molar-refractivity contribution is 6.31. The molecule has 4 nitrogen and oxygen atoms in total. The number of aryl methyl sites for hydroxylation is 6. The summed E-state index contributed by atoms with van der Waals surface area (Å²) in [6.07, 6.45) is 0. The van der Waals surface area contributed by atoms with Gasteiger partial charge >= 0.3 is 0 Å². The summed E-state index contributed by atoms with van der Waals surface area (Å²) in [6.45, 7) is 41.4. The van der Waals surface area contributed by atoms with E-state index in [1.165, 1.54) is 143 Å². The van der Waals surface area contributed by atoms with Crippen LogP contribution in [0.25, 0.3) is 98.0 Å². The van der Waals surface area contributed by atoms with Crippen molar-refractivity contribution in [3.05, 3.63) is 371 Å². The van der Waals surface area contributed by atoms with Crippen LogP contribution in [0.3, 0.4) is 0 Å². The molecule has 0 radical (unpaired) electrons. The van der Waals surface area contributed by atoms with Gasteiger partial charge < -0.3 is 19.6 Å². The number of rotatable bonds is 15. The minimum atomic E-state index is -0.0327. The van der Waals surface area contributed by atoms with Gasteiger partial charge in [0.1, 0.15) is 0 Å². The lowest BCUT2D eigenvalue weighted by molar-refractivity contribution is 0.590. The maximum atomic E-state index is 2.62. The fraction of sp³-hybridized carbons (Fsp3) is 0.193. The van der Waals surface area contributed by atoms with E-state index in [9.17, 15) is 0 Å². The van der Waals surface area contributed by atoms with E-state index in [4.69, 9.17) is 0 Å². The molecule has 0 bridgehead atoms. The lowest BCUT2D eigenvalue weighted by Gasteiger charge is -2.35. The van der Waals surface area contributed by atoms with Crippen molar-refractivity contribution in [2.75, 3.05) is 19.6 Å². The van der Waals surface area contributed by atoms with E-state index < -0.39 is 0 Å². The van der Waals surface area contributed by atoms with E-state index in [1.807, 2.05) is 0 Å². The molecule has 0 saturated carbocycles. The Balaban J connectivity index is 0.877. The summed E-state index contributed by atoms with van der Waals surface area (Å²) in [5.74, 6) is 0. The van der Waals surface area contributed by atoms with Gasteiger partial charge in [0, 0.05) is 77.8 Å². The van der Waals surface area contributed by atoms with E-state index in [-0.39, 0.29) is 21.7 Å². The van der Waals surface area contributed by atoms with Crippen LogP contribution < -0.4 is 19.6 Å². The number of nitrogens with zero attached hydrogens (tertiary/aromatic N) is 4. The molecule has 0 saturated heterocycles. The van der Waals surface area contributed by atoms with E-state index in [1.54, 1.807) is 0 Å². The predicted molar refractivity (Wildman–Crippen MR) is 512 cm³/mol. The van der Waals surface area contributed by atoms with Gasteiger partial charge in [-0.15, -0.1) is 0 Å². The summed E-state index contributed by atoms with van der Waals surface area (Å²) >= 11 is 0. The van der Waals surface area contributed by atoms with Crippen molar-refractivity contribution in [2.24, 2.45) is 0 Å². The van der Waals surface area contributed by atoms with Crippen molar-refractivity contribution in [1.29, 1.82) is 0 Å². The van der Waals surface area contributed by atoms with Gasteiger partial charge in [-0.1, -0.05) is 295 Å². The molecule has 0 aliphatic rings. The Labute approximate surface area is 698 Å². The minimum Gasteiger partial charge on any atom is -0.310 e. The molecule has 0 fully saturated rings. The molecule has 18 aromatic rings. The van der Waals surface area contributed by atoms with Crippen molar-refractivity contribution < 1.29 is 0 Å². The van der Waals surface area contributed by atoms with Crippen LogP contribution >= 0.6 is 0 Å². The molecule has 18 rings (SSSR count). The highest BCUT2D eigenvalue weighted by Gasteiger charge is 2.32. The lowest BCUT2D eigenvalue weighted by Crippen LogP contribution is -2.17. The van der Waals surface area contributed by atoms with Crippen LogP contribution in [0.4, 0.5) is 68.2 Å². The molecule has 0 aliphatic carbocycles. The zero-order chi connectivity index (χ0) is 82.2. The molecule has 0 aliphatic heterocycles. The average Bonchev–Trinajstić information content (AvgIpc) is 0.713. The minimum absolute atomic E-state index is 0.0327. The zero-order valence-electron chi connectivity index (χ0n) is 71.8. The average molecular weight is 1530 g/mol. The van der Waals surface area contributed by atoms with Gasteiger partial charge in [-0.05, 0) is 288 Å². The maximum absolute atomic E-state index is 2.62. The lowest BCUT2D eigenvalue weighted by atomic mass is 9.86. The van der Waals surface area contributed by atoms with E-state index in [2.05, 4.69) is 460 Å². The first-order chi connectivity index (χ1) is 56.5. The fourth-order valence-electron chi connectivity index (χ4n) is 18.3. The monoisotopic (exact) mass is 1530 g/mol.